The van der Waals surface area contributed by atoms with Crippen LogP contribution in [0.3, 0.4) is 0 Å². The maximum Gasteiger partial charge on any atom is 0.0844 e. The molecule has 13 heavy (non-hydrogen) atoms. The molecule has 0 aliphatic carbocycles. The number of hydrogen-bond donors (Lipinski definition) is 0. The Bertz CT molecular complexity index is 376. The molecule has 0 bridgehead atoms. The first-order valence-corrected chi connectivity index (χ1v) is 4.60. The third-order valence-electron chi connectivity index (χ3n) is 1.92. The van der Waals surface area contributed by atoms with Gasteiger partial charge in [0.2, 0.25) is 0 Å². The standard InChI is InChI=1S/C11H9NS/c13-10-7-4-8-12-11(10)9-5-2-1-3-6-9/h1-6,8H,7H2. The van der Waals surface area contributed by atoms with Crippen molar-refractivity contribution in [3.63, 3.8) is 0 Å². The average Bonchev–Trinajstić information content (AvgIpc) is 2.20. The molecular formula is C11H9NS. The summed E-state index contributed by atoms with van der Waals surface area (Å²) in [5, 5.41) is 0. The van der Waals surface area contributed by atoms with Crippen molar-refractivity contribution in [3.05, 3.63) is 48.2 Å². The minimum absolute atomic E-state index is 0.836. The molecule has 1 heterocycles. The summed E-state index contributed by atoms with van der Waals surface area (Å²) in [6, 6.07) is 10.1. The largest absolute Gasteiger partial charge is 0.255 e. The predicted octanol–water partition coefficient (Wildman–Crippen LogP) is 2.76. The van der Waals surface area contributed by atoms with Crippen LogP contribution < -0.4 is 0 Å². The van der Waals surface area contributed by atoms with Gasteiger partial charge >= 0.3 is 0 Å². The van der Waals surface area contributed by atoms with Crippen molar-refractivity contribution in [2.75, 3.05) is 0 Å². The zero-order valence-corrected chi connectivity index (χ0v) is 7.92. The van der Waals surface area contributed by atoms with Crippen LogP contribution in [0.15, 0.2) is 47.6 Å². The summed E-state index contributed by atoms with van der Waals surface area (Å²) in [6.45, 7) is 0. The molecule has 0 saturated heterocycles. The number of nitrogens with zero attached hydrogens (tertiary/aromatic N) is 1. The highest BCUT2D eigenvalue weighted by molar-refractivity contribution is 7.82. The van der Waals surface area contributed by atoms with Crippen LogP contribution in [-0.2, 0) is 0 Å². The van der Waals surface area contributed by atoms with E-state index in [1.165, 1.54) is 0 Å². The minimum Gasteiger partial charge on any atom is -0.255 e. The summed E-state index contributed by atoms with van der Waals surface area (Å²) in [4.78, 5) is 5.20. The van der Waals surface area contributed by atoms with Gasteiger partial charge in [-0.1, -0.05) is 48.6 Å². The SMILES string of the molecule is S=C1CC=CN=C1c1ccccc1. The molecule has 0 unspecified atom stereocenters. The molecule has 1 aromatic carbocycles. The van der Waals surface area contributed by atoms with E-state index in [1.54, 1.807) is 0 Å². The maximum atomic E-state index is 5.23. The molecule has 0 amide bonds. The number of allylic oxidation sites excluding steroid dienone is 1. The first kappa shape index (κ1) is 8.32. The van der Waals surface area contributed by atoms with Crippen LogP contribution in [0.4, 0.5) is 0 Å². The summed E-state index contributed by atoms with van der Waals surface area (Å²) in [6.07, 6.45) is 4.63. The lowest BCUT2D eigenvalue weighted by Gasteiger charge is -2.08. The fraction of sp³-hybridized carbons (Fsp3) is 0.0909. The van der Waals surface area contributed by atoms with E-state index in [-0.39, 0.29) is 0 Å². The number of aliphatic imine (C=N–C) groups is 1. The van der Waals surface area contributed by atoms with Crippen LogP contribution in [0.2, 0.25) is 0 Å². The van der Waals surface area contributed by atoms with Crippen molar-refractivity contribution in [2.24, 2.45) is 4.99 Å². The predicted molar refractivity (Wildman–Crippen MR) is 59.3 cm³/mol. The van der Waals surface area contributed by atoms with Gasteiger partial charge in [0, 0.05) is 23.0 Å². The lowest BCUT2D eigenvalue weighted by Crippen LogP contribution is -2.14. The minimum atomic E-state index is 0.836. The summed E-state index contributed by atoms with van der Waals surface area (Å²) in [7, 11) is 0. The molecule has 0 fully saturated rings. The Labute approximate surface area is 82.8 Å². The van der Waals surface area contributed by atoms with Crippen molar-refractivity contribution >= 4 is 22.8 Å². The van der Waals surface area contributed by atoms with Gasteiger partial charge in [-0.25, -0.2) is 0 Å². The molecule has 0 spiro atoms. The molecule has 0 N–H and O–H groups in total. The van der Waals surface area contributed by atoms with Crippen LogP contribution in [0.1, 0.15) is 12.0 Å². The second kappa shape index (κ2) is 3.62. The van der Waals surface area contributed by atoms with Crippen molar-refractivity contribution in [3.8, 4) is 0 Å². The molecule has 0 atom stereocenters. The average molecular weight is 187 g/mol. The van der Waals surface area contributed by atoms with E-state index in [1.807, 2.05) is 42.6 Å². The fourth-order valence-corrected chi connectivity index (χ4v) is 1.55. The summed E-state index contributed by atoms with van der Waals surface area (Å²) in [5.74, 6) is 0. The van der Waals surface area contributed by atoms with E-state index in [9.17, 15) is 0 Å². The Hall–Kier alpha value is -1.28. The van der Waals surface area contributed by atoms with Gasteiger partial charge in [-0.05, 0) is 0 Å². The Kier molecular flexibility index (Phi) is 2.32. The molecule has 0 aromatic heterocycles. The Morgan fingerprint density at radius 2 is 1.92 bits per heavy atom. The normalized spacial score (nSPS) is 15.7. The third kappa shape index (κ3) is 1.73. The molecule has 0 radical (unpaired) electrons. The monoisotopic (exact) mass is 187 g/mol. The highest BCUT2D eigenvalue weighted by Crippen LogP contribution is 2.09. The molecular weight excluding hydrogens is 178 g/mol. The van der Waals surface area contributed by atoms with Crippen LogP contribution in [0, 0.1) is 0 Å². The van der Waals surface area contributed by atoms with Gasteiger partial charge in [0.25, 0.3) is 0 Å². The smallest absolute Gasteiger partial charge is 0.0844 e. The first-order valence-electron chi connectivity index (χ1n) is 4.19. The van der Waals surface area contributed by atoms with Crippen LogP contribution in [-0.4, -0.2) is 10.6 Å². The Morgan fingerprint density at radius 1 is 1.15 bits per heavy atom. The van der Waals surface area contributed by atoms with E-state index in [4.69, 9.17) is 12.2 Å². The van der Waals surface area contributed by atoms with E-state index < -0.39 is 0 Å². The molecule has 1 nitrogen and oxygen atoms in total. The van der Waals surface area contributed by atoms with Crippen LogP contribution in [0.25, 0.3) is 0 Å². The van der Waals surface area contributed by atoms with E-state index in [2.05, 4.69) is 4.99 Å². The van der Waals surface area contributed by atoms with Crippen LogP contribution in [0.5, 0.6) is 0 Å². The van der Waals surface area contributed by atoms with Gasteiger partial charge in [0.05, 0.1) is 5.71 Å². The number of benzene rings is 1. The second-order valence-corrected chi connectivity index (χ2v) is 3.35. The van der Waals surface area contributed by atoms with Gasteiger partial charge in [0.15, 0.2) is 0 Å². The molecule has 2 heteroatoms. The van der Waals surface area contributed by atoms with Crippen molar-refractivity contribution in [1.82, 2.24) is 0 Å². The fourth-order valence-electron chi connectivity index (χ4n) is 1.29. The molecule has 1 aliphatic heterocycles. The zero-order chi connectivity index (χ0) is 9.10. The van der Waals surface area contributed by atoms with E-state index in [0.29, 0.717) is 0 Å². The molecule has 0 saturated carbocycles. The number of thiocarbonyl (C=S) groups is 1. The lowest BCUT2D eigenvalue weighted by atomic mass is 10.0. The first-order chi connectivity index (χ1) is 6.38. The summed E-state index contributed by atoms with van der Waals surface area (Å²) in [5.41, 5.74) is 2.05. The zero-order valence-electron chi connectivity index (χ0n) is 7.10. The lowest BCUT2D eigenvalue weighted by molar-refractivity contribution is 1.41. The van der Waals surface area contributed by atoms with Crippen molar-refractivity contribution in [1.29, 1.82) is 0 Å². The maximum absolute atomic E-state index is 5.23. The molecule has 2 rings (SSSR count). The van der Waals surface area contributed by atoms with E-state index >= 15 is 0 Å². The van der Waals surface area contributed by atoms with Gasteiger partial charge in [-0.15, -0.1) is 0 Å². The topological polar surface area (TPSA) is 12.4 Å². The number of rotatable bonds is 1. The summed E-state index contributed by atoms with van der Waals surface area (Å²) < 4.78 is 0. The van der Waals surface area contributed by atoms with E-state index in [0.717, 1.165) is 22.6 Å². The quantitative estimate of drug-likeness (QED) is 0.616. The highest BCUT2D eigenvalue weighted by Gasteiger charge is 2.09. The highest BCUT2D eigenvalue weighted by atomic mass is 32.1. The summed E-state index contributed by atoms with van der Waals surface area (Å²) >= 11 is 5.23. The van der Waals surface area contributed by atoms with Crippen molar-refractivity contribution < 1.29 is 0 Å². The van der Waals surface area contributed by atoms with Gasteiger partial charge in [-0.3, -0.25) is 4.99 Å². The third-order valence-corrected chi connectivity index (χ3v) is 2.28. The number of hydrogen-bond acceptors (Lipinski definition) is 2. The molecule has 1 aliphatic rings. The Morgan fingerprint density at radius 3 is 2.62 bits per heavy atom. The molecule has 1 aromatic rings. The van der Waals surface area contributed by atoms with Gasteiger partial charge in [0.1, 0.15) is 0 Å². The second-order valence-electron chi connectivity index (χ2n) is 2.86. The van der Waals surface area contributed by atoms with Crippen LogP contribution >= 0.6 is 12.2 Å². The van der Waals surface area contributed by atoms with Gasteiger partial charge in [-0.2, -0.15) is 0 Å². The molecule has 64 valence electrons. The Balaban J connectivity index is 2.41. The van der Waals surface area contributed by atoms with Gasteiger partial charge < -0.3 is 0 Å². The van der Waals surface area contributed by atoms with Crippen molar-refractivity contribution in [2.45, 2.75) is 6.42 Å².